The topological polar surface area (TPSA) is 95.9 Å². The minimum atomic E-state index is -0.662. The third-order valence-electron chi connectivity index (χ3n) is 15.7. The average Bonchev–Trinajstić information content (AvgIpc) is 3.41. The smallest absolute Gasteiger partial charge is 0.305 e. The van der Waals surface area contributed by atoms with E-state index in [-0.39, 0.29) is 18.5 Å². The number of aliphatic hydroxyl groups excluding tert-OH is 2. The van der Waals surface area contributed by atoms with Gasteiger partial charge in [-0.2, -0.15) is 0 Å². The molecule has 0 fully saturated rings. The summed E-state index contributed by atoms with van der Waals surface area (Å²) in [5, 5.41) is 23.2. The Morgan fingerprint density at radius 3 is 1.05 bits per heavy atom. The van der Waals surface area contributed by atoms with Crippen LogP contribution >= 0.6 is 0 Å². The Labute approximate surface area is 468 Å². The lowest BCUT2D eigenvalue weighted by Gasteiger charge is -2.22. The number of rotatable bonds is 63. The lowest BCUT2D eigenvalue weighted by atomic mass is 10.0. The molecule has 0 heterocycles. The van der Waals surface area contributed by atoms with Crippen molar-refractivity contribution < 1.29 is 24.5 Å². The van der Waals surface area contributed by atoms with E-state index in [9.17, 15) is 19.8 Å². The van der Waals surface area contributed by atoms with E-state index in [0.29, 0.717) is 25.9 Å². The molecule has 0 rings (SSSR count). The number of allylic oxidation sites excluding steroid dienone is 6. The highest BCUT2D eigenvalue weighted by Crippen LogP contribution is 2.18. The summed E-state index contributed by atoms with van der Waals surface area (Å²) in [6, 6.07) is -0.539. The second-order valence-corrected chi connectivity index (χ2v) is 23.1. The van der Waals surface area contributed by atoms with Gasteiger partial charge in [-0.25, -0.2) is 0 Å². The fourth-order valence-electron chi connectivity index (χ4n) is 10.5. The van der Waals surface area contributed by atoms with E-state index in [4.69, 9.17) is 4.74 Å². The van der Waals surface area contributed by atoms with E-state index < -0.39 is 12.1 Å². The first kappa shape index (κ1) is 73.1. The average molecular weight is 1050 g/mol. The molecule has 0 spiro atoms. The van der Waals surface area contributed by atoms with Gasteiger partial charge in [-0.1, -0.05) is 307 Å². The highest BCUT2D eigenvalue weighted by atomic mass is 16.5. The Bertz CT molecular complexity index is 1210. The molecule has 0 aromatic carbocycles. The van der Waals surface area contributed by atoms with Crippen molar-refractivity contribution in [2.45, 2.75) is 379 Å². The Kier molecular flexibility index (Phi) is 63.0. The summed E-state index contributed by atoms with van der Waals surface area (Å²) in [7, 11) is 0. The molecule has 0 saturated heterocycles. The van der Waals surface area contributed by atoms with Crippen LogP contribution in [0.4, 0.5) is 0 Å². The summed E-state index contributed by atoms with van der Waals surface area (Å²) in [4.78, 5) is 24.5. The number of nitrogens with one attached hydrogen (secondary N) is 1. The largest absolute Gasteiger partial charge is 0.466 e. The maximum absolute atomic E-state index is 12.4. The second kappa shape index (κ2) is 64.6. The molecule has 75 heavy (non-hydrogen) atoms. The summed E-state index contributed by atoms with van der Waals surface area (Å²) in [6.45, 7) is 4.93. The van der Waals surface area contributed by atoms with Gasteiger partial charge in [0.15, 0.2) is 0 Å². The van der Waals surface area contributed by atoms with Crippen LogP contribution in [-0.4, -0.2) is 47.4 Å². The van der Waals surface area contributed by atoms with Gasteiger partial charge in [0.2, 0.25) is 5.91 Å². The van der Waals surface area contributed by atoms with Gasteiger partial charge in [0, 0.05) is 12.8 Å². The van der Waals surface area contributed by atoms with E-state index in [1.165, 1.54) is 283 Å². The zero-order valence-corrected chi connectivity index (χ0v) is 50.5. The zero-order valence-electron chi connectivity index (χ0n) is 50.5. The molecular formula is C69H131NO5. The molecule has 0 aromatic rings. The maximum atomic E-state index is 12.4. The molecule has 3 N–H and O–H groups in total. The molecule has 0 aliphatic heterocycles. The van der Waals surface area contributed by atoms with E-state index in [0.717, 1.165) is 51.4 Å². The van der Waals surface area contributed by atoms with Crippen molar-refractivity contribution in [2.24, 2.45) is 0 Å². The molecule has 0 saturated carbocycles. The summed E-state index contributed by atoms with van der Waals surface area (Å²) in [6.07, 6.45) is 81.9. The lowest BCUT2D eigenvalue weighted by molar-refractivity contribution is -0.143. The van der Waals surface area contributed by atoms with Gasteiger partial charge < -0.3 is 20.3 Å². The number of aliphatic hydroxyl groups is 2. The lowest BCUT2D eigenvalue weighted by Crippen LogP contribution is -2.45. The fraction of sp³-hybridized carbons (Fsp3) is 0.884. The third-order valence-corrected chi connectivity index (χ3v) is 15.7. The van der Waals surface area contributed by atoms with Crippen LogP contribution in [0.3, 0.4) is 0 Å². The second-order valence-electron chi connectivity index (χ2n) is 23.1. The molecule has 0 aliphatic carbocycles. The van der Waals surface area contributed by atoms with Crippen molar-refractivity contribution in [2.75, 3.05) is 13.2 Å². The molecular weight excluding hydrogens is 923 g/mol. The number of carbonyl (C=O) groups excluding carboxylic acids is 2. The summed E-state index contributed by atoms with van der Waals surface area (Å²) < 4.78 is 5.50. The van der Waals surface area contributed by atoms with Crippen LogP contribution in [0.1, 0.15) is 367 Å². The van der Waals surface area contributed by atoms with Gasteiger partial charge >= 0.3 is 5.97 Å². The Morgan fingerprint density at radius 2 is 0.667 bits per heavy atom. The molecule has 1 amide bonds. The number of ether oxygens (including phenoxy) is 1. The minimum absolute atomic E-state index is 0.0129. The van der Waals surface area contributed by atoms with Crippen molar-refractivity contribution in [3.8, 4) is 0 Å². The normalized spacial score (nSPS) is 12.7. The fourth-order valence-corrected chi connectivity index (χ4v) is 10.5. The first-order valence-electron chi connectivity index (χ1n) is 33.7. The van der Waals surface area contributed by atoms with Crippen LogP contribution in [0, 0.1) is 0 Å². The molecule has 0 aromatic heterocycles. The number of amides is 1. The van der Waals surface area contributed by atoms with E-state index in [1.807, 2.05) is 0 Å². The van der Waals surface area contributed by atoms with Crippen molar-refractivity contribution in [3.63, 3.8) is 0 Å². The van der Waals surface area contributed by atoms with Crippen LogP contribution in [-0.2, 0) is 14.3 Å². The van der Waals surface area contributed by atoms with Crippen LogP contribution in [0.25, 0.3) is 0 Å². The van der Waals surface area contributed by atoms with Crippen molar-refractivity contribution in [1.82, 2.24) is 5.32 Å². The molecule has 2 unspecified atom stereocenters. The first-order valence-corrected chi connectivity index (χ1v) is 33.7. The van der Waals surface area contributed by atoms with Crippen molar-refractivity contribution in [3.05, 3.63) is 36.5 Å². The van der Waals surface area contributed by atoms with E-state index >= 15 is 0 Å². The van der Waals surface area contributed by atoms with Gasteiger partial charge in [-0.15, -0.1) is 0 Å². The van der Waals surface area contributed by atoms with Gasteiger partial charge in [0.05, 0.1) is 25.4 Å². The SMILES string of the molecule is CCCCC/C=C\C/C=C\CCCCCCCCCCCC(=O)OCCCCCCCCCCCCCC/C=C\CCCCCCCCCCCCCCCC(=O)NC(CO)C(O)CCCCCCCCCCCC. The summed E-state index contributed by atoms with van der Waals surface area (Å²) in [5.41, 5.74) is 0. The van der Waals surface area contributed by atoms with Crippen LogP contribution < -0.4 is 5.32 Å². The minimum Gasteiger partial charge on any atom is -0.466 e. The van der Waals surface area contributed by atoms with Crippen molar-refractivity contribution in [1.29, 1.82) is 0 Å². The number of hydrogen-bond acceptors (Lipinski definition) is 5. The first-order chi connectivity index (χ1) is 37.0. The zero-order chi connectivity index (χ0) is 54.3. The number of hydrogen-bond donors (Lipinski definition) is 3. The molecule has 6 nitrogen and oxygen atoms in total. The Balaban J connectivity index is 3.34. The van der Waals surface area contributed by atoms with E-state index in [2.05, 4.69) is 55.6 Å². The molecule has 0 aliphatic rings. The predicted octanol–water partition coefficient (Wildman–Crippen LogP) is 21.5. The molecule has 6 heteroatoms. The molecule has 0 bridgehead atoms. The van der Waals surface area contributed by atoms with E-state index in [1.54, 1.807) is 0 Å². The monoisotopic (exact) mass is 1050 g/mol. The standard InChI is InChI=1S/C69H131NO5/c1-3-5-7-9-11-13-15-16-17-18-30-34-37-40-43-47-51-55-59-63-69(74)75-64-60-56-52-48-44-41-38-35-32-29-27-25-23-21-19-20-22-24-26-28-31-33-36-39-42-46-50-54-58-62-68(73)70-66(65-71)67(72)61-57-53-49-45-14-12-10-8-6-4-2/h11,13,16-17,19,21,66-67,71-72H,3-10,12,14-15,18,20,22-65H2,1-2H3,(H,70,73)/b13-11-,17-16-,21-19-. The Hall–Kier alpha value is -1.92. The number of esters is 1. The molecule has 0 radical (unpaired) electrons. The van der Waals surface area contributed by atoms with Gasteiger partial charge in [-0.05, 0) is 83.5 Å². The quantitative estimate of drug-likeness (QED) is 0.0320. The summed E-state index contributed by atoms with van der Waals surface area (Å²) >= 11 is 0. The molecule has 2 atom stereocenters. The van der Waals surface area contributed by atoms with Gasteiger partial charge in [0.1, 0.15) is 0 Å². The number of unbranched alkanes of at least 4 members (excludes halogenated alkanes) is 46. The highest BCUT2D eigenvalue weighted by Gasteiger charge is 2.20. The summed E-state index contributed by atoms with van der Waals surface area (Å²) in [5.74, 6) is -0.0218. The predicted molar refractivity (Wildman–Crippen MR) is 329 cm³/mol. The highest BCUT2D eigenvalue weighted by molar-refractivity contribution is 5.76. The van der Waals surface area contributed by atoms with Crippen molar-refractivity contribution >= 4 is 11.9 Å². The maximum Gasteiger partial charge on any atom is 0.305 e. The van der Waals surface area contributed by atoms with Gasteiger partial charge in [-0.3, -0.25) is 9.59 Å². The van der Waals surface area contributed by atoms with Gasteiger partial charge in [0.25, 0.3) is 0 Å². The molecule has 442 valence electrons. The van der Waals surface area contributed by atoms with Crippen LogP contribution in [0.15, 0.2) is 36.5 Å². The van der Waals surface area contributed by atoms with Crippen LogP contribution in [0.2, 0.25) is 0 Å². The van der Waals surface area contributed by atoms with Crippen LogP contribution in [0.5, 0.6) is 0 Å². The third kappa shape index (κ3) is 61.2. The Morgan fingerprint density at radius 1 is 0.373 bits per heavy atom. The number of carbonyl (C=O) groups is 2.